The average Bonchev–Trinajstić information content (AvgIpc) is 3.05. The molecule has 1 aromatic rings. The van der Waals surface area contributed by atoms with Crippen LogP contribution in [-0.4, -0.2) is 41.2 Å². The first-order valence-electron chi connectivity index (χ1n) is 9.95. The summed E-state index contributed by atoms with van der Waals surface area (Å²) in [5.74, 6) is -0.506. The van der Waals surface area contributed by atoms with E-state index >= 15 is 0 Å². The lowest BCUT2D eigenvalue weighted by Gasteiger charge is -2.22. The molecule has 1 aromatic carbocycles. The SMILES string of the molecule is CC(C)N1CC(C(=O)Nc2ccc(C(=O)NC3CCCCC3)cc2)CC1=O. The third-order valence-corrected chi connectivity index (χ3v) is 5.51. The highest BCUT2D eigenvalue weighted by Crippen LogP contribution is 2.22. The van der Waals surface area contributed by atoms with E-state index in [4.69, 9.17) is 0 Å². The second-order valence-electron chi connectivity index (χ2n) is 7.92. The van der Waals surface area contributed by atoms with Crippen molar-refractivity contribution < 1.29 is 14.4 Å². The zero-order valence-electron chi connectivity index (χ0n) is 16.2. The van der Waals surface area contributed by atoms with E-state index in [0.717, 1.165) is 12.8 Å². The van der Waals surface area contributed by atoms with Crippen LogP contribution in [0.25, 0.3) is 0 Å². The summed E-state index contributed by atoms with van der Waals surface area (Å²) in [6.07, 6.45) is 5.95. The minimum Gasteiger partial charge on any atom is -0.349 e. The van der Waals surface area contributed by atoms with Crippen molar-refractivity contribution in [2.75, 3.05) is 11.9 Å². The van der Waals surface area contributed by atoms with Gasteiger partial charge in [-0.2, -0.15) is 0 Å². The molecule has 1 aliphatic carbocycles. The highest BCUT2D eigenvalue weighted by molar-refractivity contribution is 5.98. The van der Waals surface area contributed by atoms with Crippen molar-refractivity contribution in [2.45, 2.75) is 64.5 Å². The number of hydrogen-bond acceptors (Lipinski definition) is 3. The standard InChI is InChI=1S/C21H29N3O3/c1-14(2)24-13-16(12-19(24)25)21(27)23-18-10-8-15(9-11-18)20(26)22-17-6-4-3-5-7-17/h8-11,14,16-17H,3-7,12-13H2,1-2H3,(H,22,26)(H,23,27). The number of nitrogens with zero attached hydrogens (tertiary/aromatic N) is 1. The molecule has 0 radical (unpaired) electrons. The summed E-state index contributed by atoms with van der Waals surface area (Å²) in [5, 5.41) is 5.95. The Bertz CT molecular complexity index is 693. The van der Waals surface area contributed by atoms with Crippen LogP contribution in [0.15, 0.2) is 24.3 Å². The summed E-state index contributed by atoms with van der Waals surface area (Å²) in [5.41, 5.74) is 1.24. The van der Waals surface area contributed by atoms with Crippen LogP contribution in [0.3, 0.4) is 0 Å². The fraction of sp³-hybridized carbons (Fsp3) is 0.571. The van der Waals surface area contributed by atoms with Crippen LogP contribution in [0.4, 0.5) is 5.69 Å². The first-order chi connectivity index (χ1) is 12.9. The molecule has 1 saturated heterocycles. The predicted molar refractivity (Wildman–Crippen MR) is 104 cm³/mol. The molecule has 6 nitrogen and oxygen atoms in total. The molecule has 2 N–H and O–H groups in total. The number of nitrogens with one attached hydrogen (secondary N) is 2. The van der Waals surface area contributed by atoms with Gasteiger partial charge in [-0.3, -0.25) is 14.4 Å². The summed E-state index contributed by atoms with van der Waals surface area (Å²) in [4.78, 5) is 38.5. The molecule has 146 valence electrons. The van der Waals surface area contributed by atoms with Crippen LogP contribution in [0.2, 0.25) is 0 Å². The molecule has 1 saturated carbocycles. The van der Waals surface area contributed by atoms with Crippen molar-refractivity contribution in [1.82, 2.24) is 10.2 Å². The first-order valence-corrected chi connectivity index (χ1v) is 9.95. The maximum absolute atomic E-state index is 12.4. The summed E-state index contributed by atoms with van der Waals surface area (Å²) in [7, 11) is 0. The molecule has 27 heavy (non-hydrogen) atoms. The molecule has 2 fully saturated rings. The maximum Gasteiger partial charge on any atom is 0.251 e. The van der Waals surface area contributed by atoms with E-state index in [-0.39, 0.29) is 42.1 Å². The van der Waals surface area contributed by atoms with Crippen molar-refractivity contribution in [1.29, 1.82) is 0 Å². The molecule has 0 spiro atoms. The lowest BCUT2D eigenvalue weighted by atomic mass is 9.95. The number of anilines is 1. The van der Waals surface area contributed by atoms with Gasteiger partial charge in [0.05, 0.1) is 5.92 Å². The van der Waals surface area contributed by atoms with Gasteiger partial charge < -0.3 is 15.5 Å². The van der Waals surface area contributed by atoms with Crippen LogP contribution < -0.4 is 10.6 Å². The highest BCUT2D eigenvalue weighted by Gasteiger charge is 2.35. The molecule has 6 heteroatoms. The van der Waals surface area contributed by atoms with Crippen LogP contribution >= 0.6 is 0 Å². The topological polar surface area (TPSA) is 78.5 Å². The number of carbonyl (C=O) groups is 3. The summed E-state index contributed by atoms with van der Waals surface area (Å²) >= 11 is 0. The molecule has 1 unspecified atom stereocenters. The van der Waals surface area contributed by atoms with Crippen LogP contribution in [-0.2, 0) is 9.59 Å². The van der Waals surface area contributed by atoms with Gasteiger partial charge in [-0.1, -0.05) is 19.3 Å². The van der Waals surface area contributed by atoms with E-state index in [0.29, 0.717) is 17.8 Å². The Labute approximate surface area is 160 Å². The van der Waals surface area contributed by atoms with Gasteiger partial charge in [-0.15, -0.1) is 0 Å². The minimum atomic E-state index is -0.325. The second kappa shape index (κ2) is 8.55. The summed E-state index contributed by atoms with van der Waals surface area (Å²) in [6, 6.07) is 7.32. The minimum absolute atomic E-state index is 0.0277. The quantitative estimate of drug-likeness (QED) is 0.835. The van der Waals surface area contributed by atoms with E-state index in [1.54, 1.807) is 29.2 Å². The fourth-order valence-electron chi connectivity index (χ4n) is 3.87. The Morgan fingerprint density at radius 1 is 1.07 bits per heavy atom. The zero-order valence-corrected chi connectivity index (χ0v) is 16.2. The Morgan fingerprint density at radius 3 is 2.33 bits per heavy atom. The highest BCUT2D eigenvalue weighted by atomic mass is 16.2. The monoisotopic (exact) mass is 371 g/mol. The van der Waals surface area contributed by atoms with Gasteiger partial charge in [-0.25, -0.2) is 0 Å². The lowest BCUT2D eigenvalue weighted by Crippen LogP contribution is -2.36. The van der Waals surface area contributed by atoms with Gasteiger partial charge in [-0.05, 0) is 51.0 Å². The summed E-state index contributed by atoms with van der Waals surface area (Å²) < 4.78 is 0. The molecule has 3 amide bonds. The molecule has 2 aliphatic rings. The molecule has 0 bridgehead atoms. The number of likely N-dealkylation sites (tertiary alicyclic amines) is 1. The smallest absolute Gasteiger partial charge is 0.251 e. The Balaban J connectivity index is 1.53. The number of hydrogen-bond donors (Lipinski definition) is 2. The second-order valence-corrected chi connectivity index (χ2v) is 7.92. The third-order valence-electron chi connectivity index (χ3n) is 5.51. The van der Waals surface area contributed by atoms with E-state index in [1.807, 2.05) is 13.8 Å². The molecule has 1 heterocycles. The lowest BCUT2D eigenvalue weighted by molar-refractivity contribution is -0.129. The van der Waals surface area contributed by atoms with Crippen molar-refractivity contribution in [3.8, 4) is 0 Å². The molecule has 0 aromatic heterocycles. The Kier molecular flexibility index (Phi) is 6.14. The molecular weight excluding hydrogens is 342 g/mol. The molecule has 1 aliphatic heterocycles. The maximum atomic E-state index is 12.4. The molecule has 1 atom stereocenters. The van der Waals surface area contributed by atoms with Gasteiger partial charge >= 0.3 is 0 Å². The predicted octanol–water partition coefficient (Wildman–Crippen LogP) is 2.94. The van der Waals surface area contributed by atoms with Gasteiger partial charge in [0.2, 0.25) is 11.8 Å². The number of carbonyl (C=O) groups excluding carboxylic acids is 3. The first kappa shape index (κ1) is 19.4. The Morgan fingerprint density at radius 2 is 1.74 bits per heavy atom. The van der Waals surface area contributed by atoms with Gasteiger partial charge in [0.15, 0.2) is 0 Å². The number of amides is 3. The molecular formula is C21H29N3O3. The number of benzene rings is 1. The van der Waals surface area contributed by atoms with Crippen molar-refractivity contribution in [2.24, 2.45) is 5.92 Å². The largest absolute Gasteiger partial charge is 0.349 e. The van der Waals surface area contributed by atoms with Gasteiger partial charge in [0.25, 0.3) is 5.91 Å². The normalized spacial score (nSPS) is 20.8. The van der Waals surface area contributed by atoms with Gasteiger partial charge in [0.1, 0.15) is 0 Å². The van der Waals surface area contributed by atoms with Crippen LogP contribution in [0, 0.1) is 5.92 Å². The van der Waals surface area contributed by atoms with Crippen molar-refractivity contribution in [3.05, 3.63) is 29.8 Å². The molecule has 3 rings (SSSR count). The average molecular weight is 371 g/mol. The number of rotatable bonds is 5. The van der Waals surface area contributed by atoms with Crippen LogP contribution in [0.1, 0.15) is 62.7 Å². The van der Waals surface area contributed by atoms with Crippen molar-refractivity contribution >= 4 is 23.4 Å². The fourth-order valence-corrected chi connectivity index (χ4v) is 3.87. The van der Waals surface area contributed by atoms with E-state index in [1.165, 1.54) is 19.3 Å². The summed E-state index contributed by atoms with van der Waals surface area (Å²) in [6.45, 7) is 4.37. The third kappa shape index (κ3) is 4.87. The van der Waals surface area contributed by atoms with Crippen molar-refractivity contribution in [3.63, 3.8) is 0 Å². The van der Waals surface area contributed by atoms with Crippen LogP contribution in [0.5, 0.6) is 0 Å². The van der Waals surface area contributed by atoms with E-state index < -0.39 is 0 Å². The zero-order chi connectivity index (χ0) is 19.4. The Hall–Kier alpha value is -2.37. The van der Waals surface area contributed by atoms with E-state index in [9.17, 15) is 14.4 Å². The van der Waals surface area contributed by atoms with E-state index in [2.05, 4.69) is 10.6 Å². The van der Waals surface area contributed by atoms with Gasteiger partial charge in [0, 0.05) is 36.3 Å².